The van der Waals surface area contributed by atoms with Crippen molar-refractivity contribution in [3.05, 3.63) is 0 Å². The van der Waals surface area contributed by atoms with Gasteiger partial charge in [0.25, 0.3) is 0 Å². The van der Waals surface area contributed by atoms with E-state index >= 15 is 0 Å². The summed E-state index contributed by atoms with van der Waals surface area (Å²) in [6.45, 7) is 6.91. The van der Waals surface area contributed by atoms with Crippen LogP contribution in [-0.2, 0) is 4.74 Å². The molecule has 1 aliphatic heterocycles. The molecule has 2 N–H and O–H groups in total. The van der Waals surface area contributed by atoms with Gasteiger partial charge >= 0.3 is 0 Å². The average Bonchev–Trinajstić information content (AvgIpc) is 3.21. The molecule has 1 heterocycles. The molecule has 1 saturated heterocycles. The zero-order valence-electron chi connectivity index (χ0n) is 15.5. The fourth-order valence-electron chi connectivity index (χ4n) is 8.48. The van der Waals surface area contributed by atoms with E-state index in [1.165, 1.54) is 38.5 Å². The molecule has 136 valence electrons. The molecule has 0 aromatic rings. The molecule has 0 spiro atoms. The van der Waals surface area contributed by atoms with Crippen molar-refractivity contribution in [2.45, 2.75) is 96.1 Å². The van der Waals surface area contributed by atoms with Gasteiger partial charge in [-0.05, 0) is 87.4 Å². The van der Waals surface area contributed by atoms with Gasteiger partial charge in [0.2, 0.25) is 0 Å². The molecular weight excluding hydrogens is 300 g/mol. The highest BCUT2D eigenvalue weighted by atomic mass is 16.6. The highest BCUT2D eigenvalue weighted by Crippen LogP contribution is 2.74. The van der Waals surface area contributed by atoms with Crippen molar-refractivity contribution in [1.29, 1.82) is 0 Å². The lowest BCUT2D eigenvalue weighted by atomic mass is 9.44. The maximum atomic E-state index is 10.5. The summed E-state index contributed by atoms with van der Waals surface area (Å²) in [4.78, 5) is 0. The largest absolute Gasteiger partial charge is 0.393 e. The third kappa shape index (κ3) is 1.70. The van der Waals surface area contributed by atoms with Gasteiger partial charge in [-0.1, -0.05) is 13.8 Å². The number of rotatable bonds is 1. The van der Waals surface area contributed by atoms with Gasteiger partial charge in [0.15, 0.2) is 0 Å². The highest BCUT2D eigenvalue weighted by Gasteiger charge is 2.78. The molecule has 1 unspecified atom stereocenters. The van der Waals surface area contributed by atoms with Crippen LogP contribution in [0.2, 0.25) is 0 Å². The van der Waals surface area contributed by atoms with E-state index in [4.69, 9.17) is 4.74 Å². The van der Waals surface area contributed by atoms with Crippen molar-refractivity contribution in [2.24, 2.45) is 34.5 Å². The van der Waals surface area contributed by atoms with E-state index in [1.807, 2.05) is 6.92 Å². The minimum absolute atomic E-state index is 0.0560. The lowest BCUT2D eigenvalue weighted by Gasteiger charge is -2.61. The Hall–Kier alpha value is -0.120. The second-order valence-corrected chi connectivity index (χ2v) is 10.4. The molecule has 5 rings (SSSR count). The molecular formula is C21H34O3. The molecule has 0 aromatic carbocycles. The monoisotopic (exact) mass is 334 g/mol. The van der Waals surface area contributed by atoms with Crippen molar-refractivity contribution in [2.75, 3.05) is 0 Å². The van der Waals surface area contributed by atoms with Crippen molar-refractivity contribution in [1.82, 2.24) is 0 Å². The Morgan fingerprint density at radius 3 is 2.54 bits per heavy atom. The van der Waals surface area contributed by atoms with Gasteiger partial charge in [0.1, 0.15) is 5.60 Å². The Morgan fingerprint density at radius 1 is 1.00 bits per heavy atom. The van der Waals surface area contributed by atoms with Crippen LogP contribution in [0.15, 0.2) is 0 Å². The van der Waals surface area contributed by atoms with Gasteiger partial charge in [-0.25, -0.2) is 0 Å². The van der Waals surface area contributed by atoms with Crippen LogP contribution in [0.1, 0.15) is 72.1 Å². The summed E-state index contributed by atoms with van der Waals surface area (Å²) in [5.41, 5.74) is 0.378. The Morgan fingerprint density at radius 2 is 1.79 bits per heavy atom. The lowest BCUT2D eigenvalue weighted by molar-refractivity contribution is -0.151. The Bertz CT molecular complexity index is 547. The van der Waals surface area contributed by atoms with Crippen LogP contribution in [0.3, 0.4) is 0 Å². The van der Waals surface area contributed by atoms with Crippen LogP contribution in [0, 0.1) is 34.5 Å². The van der Waals surface area contributed by atoms with E-state index in [9.17, 15) is 10.2 Å². The molecule has 0 radical (unpaired) electrons. The topological polar surface area (TPSA) is 53.0 Å². The van der Waals surface area contributed by atoms with Crippen LogP contribution in [0.5, 0.6) is 0 Å². The van der Waals surface area contributed by atoms with E-state index in [0.29, 0.717) is 11.5 Å². The summed E-state index contributed by atoms with van der Waals surface area (Å²) >= 11 is 0. The molecule has 4 saturated carbocycles. The second-order valence-electron chi connectivity index (χ2n) is 10.4. The minimum Gasteiger partial charge on any atom is -0.393 e. The van der Waals surface area contributed by atoms with Gasteiger partial charge < -0.3 is 14.9 Å². The molecule has 3 heteroatoms. The first-order valence-corrected chi connectivity index (χ1v) is 10.4. The van der Waals surface area contributed by atoms with Gasteiger partial charge in [-0.15, -0.1) is 0 Å². The zero-order chi connectivity index (χ0) is 16.9. The fourth-order valence-corrected chi connectivity index (χ4v) is 8.48. The number of aliphatic hydroxyl groups is 2. The normalized spacial score (nSPS) is 62.9. The Balaban J connectivity index is 1.46. The molecule has 4 aliphatic carbocycles. The summed E-state index contributed by atoms with van der Waals surface area (Å²) in [6.07, 6.45) is 9.48. The summed E-state index contributed by atoms with van der Waals surface area (Å²) in [5, 5.41) is 20.6. The standard InChI is InChI=1S/C21H34O3/c1-12(22)21-18(24-21)11-17-15-5-4-13-10-14(23)6-8-19(13,2)16(15)7-9-20(17,21)3/h12-18,22-23H,4-11H2,1-3H3/t12?,13-,14-,15+,16-,17-,18+,19-,20-,21+/m0/s1. The maximum Gasteiger partial charge on any atom is 0.126 e. The SMILES string of the molecule is CC(O)[C@@]12O[C@@H]1C[C@H]1[C@@H]3CC[C@H]4C[C@@H](O)CC[C@]4(C)[C@H]3CC[C@@]12C. The number of fused-ring (bicyclic) bond motifs is 7. The van der Waals surface area contributed by atoms with Crippen molar-refractivity contribution in [3.8, 4) is 0 Å². The first kappa shape index (κ1) is 16.1. The number of epoxide rings is 1. The Labute approximate surface area is 146 Å². The molecule has 0 aromatic heterocycles. The highest BCUT2D eigenvalue weighted by molar-refractivity contribution is 5.26. The van der Waals surface area contributed by atoms with E-state index in [-0.39, 0.29) is 23.2 Å². The molecule has 5 fully saturated rings. The molecule has 0 bridgehead atoms. The van der Waals surface area contributed by atoms with E-state index < -0.39 is 0 Å². The van der Waals surface area contributed by atoms with Crippen molar-refractivity contribution in [3.63, 3.8) is 0 Å². The number of ether oxygens (including phenoxy) is 1. The third-order valence-electron chi connectivity index (χ3n) is 9.77. The fraction of sp³-hybridized carbons (Fsp3) is 1.00. The van der Waals surface area contributed by atoms with E-state index in [2.05, 4.69) is 13.8 Å². The zero-order valence-corrected chi connectivity index (χ0v) is 15.5. The third-order valence-corrected chi connectivity index (χ3v) is 9.77. The summed E-state index contributed by atoms with van der Waals surface area (Å²) in [5.74, 6) is 3.09. The number of aliphatic hydroxyl groups excluding tert-OH is 2. The average molecular weight is 335 g/mol. The van der Waals surface area contributed by atoms with E-state index in [1.54, 1.807) is 0 Å². The van der Waals surface area contributed by atoms with Crippen LogP contribution >= 0.6 is 0 Å². The lowest BCUT2D eigenvalue weighted by Crippen LogP contribution is -2.57. The minimum atomic E-state index is -0.342. The van der Waals surface area contributed by atoms with Crippen molar-refractivity contribution < 1.29 is 14.9 Å². The smallest absolute Gasteiger partial charge is 0.126 e. The van der Waals surface area contributed by atoms with Gasteiger partial charge in [-0.2, -0.15) is 0 Å². The number of hydrogen-bond donors (Lipinski definition) is 2. The summed E-state index contributed by atoms with van der Waals surface area (Å²) < 4.78 is 6.12. The molecule has 0 amide bonds. The molecule has 3 nitrogen and oxygen atoms in total. The molecule has 24 heavy (non-hydrogen) atoms. The van der Waals surface area contributed by atoms with Crippen LogP contribution in [-0.4, -0.2) is 34.1 Å². The van der Waals surface area contributed by atoms with Crippen molar-refractivity contribution >= 4 is 0 Å². The van der Waals surface area contributed by atoms with Gasteiger partial charge in [0, 0.05) is 5.41 Å². The Kier molecular flexibility index (Phi) is 3.20. The predicted octanol–water partition coefficient (Wildman–Crippen LogP) is 3.52. The first-order chi connectivity index (χ1) is 11.3. The number of hydrogen-bond acceptors (Lipinski definition) is 3. The molecule has 5 aliphatic rings. The summed E-state index contributed by atoms with van der Waals surface area (Å²) in [6, 6.07) is 0. The van der Waals surface area contributed by atoms with Gasteiger partial charge in [-0.3, -0.25) is 0 Å². The molecule has 10 atom stereocenters. The predicted molar refractivity (Wildman–Crippen MR) is 92.4 cm³/mol. The summed E-state index contributed by atoms with van der Waals surface area (Å²) in [7, 11) is 0. The van der Waals surface area contributed by atoms with Crippen LogP contribution in [0.4, 0.5) is 0 Å². The first-order valence-electron chi connectivity index (χ1n) is 10.4. The van der Waals surface area contributed by atoms with Gasteiger partial charge in [0.05, 0.1) is 18.3 Å². The quantitative estimate of drug-likeness (QED) is 0.722. The maximum absolute atomic E-state index is 10.5. The van der Waals surface area contributed by atoms with Crippen LogP contribution < -0.4 is 0 Å². The second kappa shape index (κ2) is 4.78. The van der Waals surface area contributed by atoms with Crippen LogP contribution in [0.25, 0.3) is 0 Å². The van der Waals surface area contributed by atoms with E-state index in [0.717, 1.165) is 36.5 Å².